The third-order valence-electron chi connectivity index (χ3n) is 14.6. The van der Waals surface area contributed by atoms with Crippen LogP contribution in [0.1, 0.15) is 120 Å². The fraction of sp³-hybridized carbons (Fsp3) is 0.935. The summed E-state index contributed by atoms with van der Waals surface area (Å²) in [6.07, 6.45) is 13.2. The molecule has 0 radical (unpaired) electrons. The van der Waals surface area contributed by atoms with Gasteiger partial charge in [0.2, 0.25) is 0 Å². The van der Waals surface area contributed by atoms with E-state index in [4.69, 9.17) is 0 Å². The minimum absolute atomic E-state index is 0.000715. The van der Waals surface area contributed by atoms with Gasteiger partial charge in [0.25, 0.3) is 0 Å². The first-order valence-electron chi connectivity index (χ1n) is 14.0. The highest BCUT2D eigenvalue weighted by molar-refractivity contribution is 5.23. The van der Waals surface area contributed by atoms with Crippen LogP contribution in [0.15, 0.2) is 12.2 Å². The topological polar surface area (TPSA) is 20.2 Å². The Bertz CT molecular complexity index is 811. The lowest BCUT2D eigenvalue weighted by Gasteiger charge is -2.75. The maximum absolute atomic E-state index is 11.1. The molecule has 0 aliphatic heterocycles. The summed E-state index contributed by atoms with van der Waals surface area (Å²) in [4.78, 5) is 0. The van der Waals surface area contributed by atoms with Crippen molar-refractivity contribution in [2.75, 3.05) is 0 Å². The minimum Gasteiger partial charge on any atom is -0.393 e. The molecule has 10 unspecified atom stereocenters. The van der Waals surface area contributed by atoms with Crippen LogP contribution in [-0.2, 0) is 0 Å². The van der Waals surface area contributed by atoms with E-state index in [-0.39, 0.29) is 16.9 Å². The van der Waals surface area contributed by atoms with E-state index in [0.717, 1.165) is 30.1 Å². The first-order valence-corrected chi connectivity index (χ1v) is 14.0. The van der Waals surface area contributed by atoms with Crippen LogP contribution >= 0.6 is 0 Å². The standard InChI is InChI=1S/C31H52O/c1-20(2)21-12-14-27(5)16-17-28(6)22(25(21)27)10-11-23-29(28,7)18-19-31(9)26(3,4)24(32)13-15-30(23,31)8/h21-25,32H,1,10-19H2,2-9H3. The van der Waals surface area contributed by atoms with Crippen LogP contribution in [0.2, 0.25) is 0 Å². The Hall–Kier alpha value is -0.300. The van der Waals surface area contributed by atoms with Crippen molar-refractivity contribution in [2.24, 2.45) is 56.2 Å². The van der Waals surface area contributed by atoms with Crippen molar-refractivity contribution in [3.8, 4) is 0 Å². The van der Waals surface area contributed by atoms with Gasteiger partial charge >= 0.3 is 0 Å². The normalized spacial score (nSPS) is 58.8. The molecule has 0 aromatic heterocycles. The van der Waals surface area contributed by atoms with Gasteiger partial charge in [-0.3, -0.25) is 0 Å². The molecule has 5 aliphatic carbocycles. The van der Waals surface area contributed by atoms with Crippen molar-refractivity contribution >= 4 is 0 Å². The van der Waals surface area contributed by atoms with E-state index in [1.165, 1.54) is 63.4 Å². The Balaban J connectivity index is 1.57. The average molecular weight is 441 g/mol. The second-order valence-corrected chi connectivity index (χ2v) is 15.3. The Kier molecular flexibility index (Phi) is 4.89. The summed E-state index contributed by atoms with van der Waals surface area (Å²) in [7, 11) is 0. The molecule has 182 valence electrons. The number of hydrogen-bond donors (Lipinski definition) is 1. The number of rotatable bonds is 1. The fourth-order valence-electron chi connectivity index (χ4n) is 11.7. The molecule has 0 saturated heterocycles. The third kappa shape index (κ3) is 2.46. The molecule has 0 amide bonds. The maximum Gasteiger partial charge on any atom is 0.0596 e. The molecule has 10 atom stereocenters. The summed E-state index contributed by atoms with van der Waals surface area (Å²) in [5.41, 5.74) is 3.43. The predicted octanol–water partition coefficient (Wildman–Crippen LogP) is 8.41. The molecule has 1 nitrogen and oxygen atoms in total. The Morgan fingerprint density at radius 1 is 0.719 bits per heavy atom. The number of aliphatic hydroxyl groups excluding tert-OH is 1. The first-order chi connectivity index (χ1) is 14.7. The van der Waals surface area contributed by atoms with Gasteiger partial charge in [0.05, 0.1) is 6.10 Å². The average Bonchev–Trinajstić information content (AvgIpc) is 3.07. The van der Waals surface area contributed by atoms with Crippen molar-refractivity contribution in [2.45, 2.75) is 126 Å². The number of aliphatic hydroxyl groups is 1. The van der Waals surface area contributed by atoms with Gasteiger partial charge in [-0.05, 0) is 127 Å². The van der Waals surface area contributed by atoms with Crippen LogP contribution in [0.3, 0.4) is 0 Å². The van der Waals surface area contributed by atoms with Gasteiger partial charge in [-0.2, -0.15) is 0 Å². The first kappa shape index (κ1) is 23.4. The molecule has 0 bridgehead atoms. The van der Waals surface area contributed by atoms with Gasteiger partial charge in [0.1, 0.15) is 0 Å². The summed E-state index contributed by atoms with van der Waals surface area (Å²) in [6.45, 7) is 24.9. The van der Waals surface area contributed by atoms with E-state index >= 15 is 0 Å². The second-order valence-electron chi connectivity index (χ2n) is 15.3. The molecule has 0 aromatic rings. The predicted molar refractivity (Wildman–Crippen MR) is 135 cm³/mol. The lowest BCUT2D eigenvalue weighted by Crippen LogP contribution is -2.69. The summed E-state index contributed by atoms with van der Waals surface area (Å²) in [5.74, 6) is 3.25. The lowest BCUT2D eigenvalue weighted by molar-refractivity contribution is -0.279. The molecule has 5 aliphatic rings. The van der Waals surface area contributed by atoms with E-state index in [1.807, 2.05) is 0 Å². The fourth-order valence-corrected chi connectivity index (χ4v) is 11.7. The number of fused-ring (bicyclic) bond motifs is 7. The summed E-state index contributed by atoms with van der Waals surface area (Å²) < 4.78 is 0. The highest BCUT2D eigenvalue weighted by Gasteiger charge is 2.73. The van der Waals surface area contributed by atoms with Crippen molar-refractivity contribution in [1.82, 2.24) is 0 Å². The highest BCUT2D eigenvalue weighted by atomic mass is 16.3. The Labute approximate surface area is 199 Å². The van der Waals surface area contributed by atoms with Crippen molar-refractivity contribution in [1.29, 1.82) is 0 Å². The van der Waals surface area contributed by atoms with Crippen LogP contribution in [0, 0.1) is 56.2 Å². The summed E-state index contributed by atoms with van der Waals surface area (Å²) >= 11 is 0. The highest BCUT2D eigenvalue weighted by Crippen LogP contribution is 2.79. The van der Waals surface area contributed by atoms with E-state index in [1.54, 1.807) is 0 Å². The smallest absolute Gasteiger partial charge is 0.0596 e. The summed E-state index contributed by atoms with van der Waals surface area (Å²) in [5, 5.41) is 11.1. The molecule has 5 rings (SSSR count). The zero-order chi connectivity index (χ0) is 23.5. The quantitative estimate of drug-likeness (QED) is 0.406. The van der Waals surface area contributed by atoms with Crippen molar-refractivity contribution in [3.63, 3.8) is 0 Å². The molecule has 5 saturated carbocycles. The Morgan fingerprint density at radius 2 is 1.38 bits per heavy atom. The van der Waals surface area contributed by atoms with Crippen molar-refractivity contribution < 1.29 is 5.11 Å². The molecule has 0 heterocycles. The van der Waals surface area contributed by atoms with E-state index < -0.39 is 0 Å². The van der Waals surface area contributed by atoms with Crippen LogP contribution in [0.4, 0.5) is 0 Å². The molecule has 1 N–H and O–H groups in total. The lowest BCUT2D eigenvalue weighted by atomic mass is 9.29. The van der Waals surface area contributed by atoms with Gasteiger partial charge in [-0.15, -0.1) is 0 Å². The molecular weight excluding hydrogens is 388 g/mol. The van der Waals surface area contributed by atoms with Crippen molar-refractivity contribution in [3.05, 3.63) is 12.2 Å². The molecular formula is C31H52O. The SMILES string of the molecule is C=C(C)C1CCC2(C)CCC3(C)C(CCC4C3(C)CCC3(C)C(C)(C)C(O)CCC43C)C12. The van der Waals surface area contributed by atoms with Crippen LogP contribution < -0.4 is 0 Å². The molecule has 5 fully saturated rings. The van der Waals surface area contributed by atoms with Crippen LogP contribution in [0.25, 0.3) is 0 Å². The zero-order valence-electron chi connectivity index (χ0n) is 22.6. The minimum atomic E-state index is -0.151. The maximum atomic E-state index is 11.1. The van der Waals surface area contributed by atoms with E-state index in [2.05, 4.69) is 62.0 Å². The van der Waals surface area contributed by atoms with E-state index in [9.17, 15) is 5.11 Å². The molecule has 32 heavy (non-hydrogen) atoms. The van der Waals surface area contributed by atoms with Gasteiger partial charge in [-0.25, -0.2) is 0 Å². The van der Waals surface area contributed by atoms with Gasteiger partial charge in [0.15, 0.2) is 0 Å². The largest absolute Gasteiger partial charge is 0.393 e. The van der Waals surface area contributed by atoms with Crippen LogP contribution in [0.5, 0.6) is 0 Å². The molecule has 1 heteroatoms. The van der Waals surface area contributed by atoms with Gasteiger partial charge < -0.3 is 5.11 Å². The zero-order valence-corrected chi connectivity index (χ0v) is 22.6. The third-order valence-corrected chi connectivity index (χ3v) is 14.6. The molecule has 0 spiro atoms. The second kappa shape index (κ2) is 6.67. The van der Waals surface area contributed by atoms with E-state index in [0.29, 0.717) is 21.7 Å². The van der Waals surface area contributed by atoms with Gasteiger partial charge in [0, 0.05) is 0 Å². The Morgan fingerprint density at radius 3 is 2.03 bits per heavy atom. The molecule has 0 aromatic carbocycles. The number of allylic oxidation sites excluding steroid dienone is 1. The van der Waals surface area contributed by atoms with Gasteiger partial charge in [-0.1, -0.05) is 60.6 Å². The summed E-state index contributed by atoms with van der Waals surface area (Å²) in [6, 6.07) is 0. The number of hydrogen-bond acceptors (Lipinski definition) is 1. The van der Waals surface area contributed by atoms with Crippen LogP contribution in [-0.4, -0.2) is 11.2 Å². The monoisotopic (exact) mass is 440 g/mol.